The zero-order valence-electron chi connectivity index (χ0n) is 10.4. The Morgan fingerprint density at radius 2 is 2.28 bits per heavy atom. The molecule has 1 heterocycles. The van der Waals surface area contributed by atoms with Gasteiger partial charge in [-0.1, -0.05) is 6.92 Å². The van der Waals surface area contributed by atoms with Gasteiger partial charge in [-0.25, -0.2) is 15.8 Å². The molecule has 0 bridgehead atoms. The van der Waals surface area contributed by atoms with Crippen molar-refractivity contribution in [2.45, 2.75) is 13.3 Å². The number of hydrazine groups is 1. The molecule has 0 aliphatic carbocycles. The number of rotatable bonds is 6. The number of aromatic nitrogens is 2. The predicted octanol–water partition coefficient (Wildman–Crippen LogP) is 0.487. The molecule has 0 aliphatic heterocycles. The highest BCUT2D eigenvalue weighted by Crippen LogP contribution is 2.28. The Hall–Kier alpha value is -1.41. The van der Waals surface area contributed by atoms with Crippen LogP contribution in [0.2, 0.25) is 0 Å². The van der Waals surface area contributed by atoms with Crippen molar-refractivity contribution in [3.63, 3.8) is 0 Å². The Balaban J connectivity index is 3.01. The molecule has 0 unspecified atom stereocenters. The van der Waals surface area contributed by atoms with E-state index in [-0.39, 0.29) is 12.5 Å². The van der Waals surface area contributed by atoms with Gasteiger partial charge in [0.25, 0.3) is 0 Å². The number of likely N-dealkylation sites (N-methyl/N-ethyl adjacent to an activating group) is 1. The van der Waals surface area contributed by atoms with E-state index >= 15 is 0 Å². The monoisotopic (exact) mass is 316 g/mol. The van der Waals surface area contributed by atoms with Gasteiger partial charge in [-0.3, -0.25) is 4.79 Å². The van der Waals surface area contributed by atoms with Gasteiger partial charge in [0.2, 0.25) is 5.91 Å². The van der Waals surface area contributed by atoms with Crippen molar-refractivity contribution in [2.24, 2.45) is 5.84 Å². The van der Waals surface area contributed by atoms with Crippen LogP contribution in [0.5, 0.6) is 0 Å². The molecule has 0 radical (unpaired) electrons. The zero-order chi connectivity index (χ0) is 13.5. The fourth-order valence-electron chi connectivity index (χ4n) is 1.46. The summed E-state index contributed by atoms with van der Waals surface area (Å²) in [5, 5.41) is 2.59. The molecule has 7 nitrogen and oxygen atoms in total. The Labute approximate surface area is 114 Å². The lowest BCUT2D eigenvalue weighted by Crippen LogP contribution is -2.37. The van der Waals surface area contributed by atoms with Crippen molar-refractivity contribution in [3.05, 3.63) is 10.8 Å². The van der Waals surface area contributed by atoms with Crippen molar-refractivity contribution in [1.82, 2.24) is 15.3 Å². The van der Waals surface area contributed by atoms with Gasteiger partial charge in [0.05, 0.1) is 6.54 Å². The molecule has 1 amide bonds. The molecule has 8 heteroatoms. The van der Waals surface area contributed by atoms with Crippen LogP contribution in [0.1, 0.15) is 13.3 Å². The summed E-state index contributed by atoms with van der Waals surface area (Å²) in [5.74, 6) is 6.41. The minimum atomic E-state index is -0.0729. The minimum absolute atomic E-state index is 0.0729. The van der Waals surface area contributed by atoms with Crippen molar-refractivity contribution in [1.29, 1.82) is 0 Å². The standard InChI is InChI=1S/C10H17BrN6O/c1-3-4-17(5-7(18)13-2)10-8(11)9(16-12)14-6-15-10/h6H,3-5,12H2,1-2H3,(H,13,18)(H,14,15,16). The maximum atomic E-state index is 11.5. The smallest absolute Gasteiger partial charge is 0.239 e. The van der Waals surface area contributed by atoms with Crippen LogP contribution in [-0.2, 0) is 4.79 Å². The molecule has 100 valence electrons. The van der Waals surface area contributed by atoms with Crippen LogP contribution >= 0.6 is 15.9 Å². The number of hydrogen-bond acceptors (Lipinski definition) is 6. The second-order valence-electron chi connectivity index (χ2n) is 3.60. The lowest BCUT2D eigenvalue weighted by atomic mass is 10.3. The highest BCUT2D eigenvalue weighted by molar-refractivity contribution is 9.10. The third-order valence-corrected chi connectivity index (χ3v) is 3.04. The quantitative estimate of drug-likeness (QED) is 0.522. The van der Waals surface area contributed by atoms with Gasteiger partial charge >= 0.3 is 0 Å². The van der Waals surface area contributed by atoms with Crippen molar-refractivity contribution >= 4 is 33.5 Å². The topological polar surface area (TPSA) is 96.2 Å². The first-order valence-corrected chi connectivity index (χ1v) is 6.36. The van der Waals surface area contributed by atoms with E-state index in [0.717, 1.165) is 6.42 Å². The number of nitrogens with two attached hydrogens (primary N) is 1. The average molecular weight is 317 g/mol. The first-order chi connectivity index (χ1) is 8.63. The normalized spacial score (nSPS) is 10.0. The molecule has 0 fully saturated rings. The van der Waals surface area contributed by atoms with Gasteiger partial charge in [0.1, 0.15) is 16.6 Å². The number of halogens is 1. The summed E-state index contributed by atoms with van der Waals surface area (Å²) < 4.78 is 0.643. The molecule has 0 spiro atoms. The predicted molar refractivity (Wildman–Crippen MR) is 74.1 cm³/mol. The van der Waals surface area contributed by atoms with Crippen LogP contribution in [0.3, 0.4) is 0 Å². The highest BCUT2D eigenvalue weighted by atomic mass is 79.9. The Morgan fingerprint density at radius 3 is 2.83 bits per heavy atom. The third kappa shape index (κ3) is 3.54. The lowest BCUT2D eigenvalue weighted by Gasteiger charge is -2.23. The van der Waals surface area contributed by atoms with Crippen LogP contribution < -0.4 is 21.5 Å². The van der Waals surface area contributed by atoms with Crippen LogP contribution in [0.15, 0.2) is 10.8 Å². The number of anilines is 2. The van der Waals surface area contributed by atoms with Crippen molar-refractivity contribution in [2.75, 3.05) is 30.5 Å². The van der Waals surface area contributed by atoms with Crippen LogP contribution in [0.4, 0.5) is 11.6 Å². The molecule has 0 saturated carbocycles. The van der Waals surface area contributed by atoms with Crippen molar-refractivity contribution in [3.8, 4) is 0 Å². The SMILES string of the molecule is CCCN(CC(=O)NC)c1ncnc(NN)c1Br. The van der Waals surface area contributed by atoms with Gasteiger partial charge in [-0.15, -0.1) is 0 Å². The molecular formula is C10H17BrN6O. The summed E-state index contributed by atoms with van der Waals surface area (Å²) in [6, 6.07) is 0. The second-order valence-corrected chi connectivity index (χ2v) is 4.39. The highest BCUT2D eigenvalue weighted by Gasteiger charge is 2.16. The largest absolute Gasteiger partial charge is 0.358 e. The van der Waals surface area contributed by atoms with E-state index in [9.17, 15) is 4.79 Å². The summed E-state index contributed by atoms with van der Waals surface area (Å²) in [7, 11) is 1.61. The Bertz CT molecular complexity index is 413. The number of nitrogen functional groups attached to an aromatic ring is 1. The first-order valence-electron chi connectivity index (χ1n) is 5.56. The summed E-state index contributed by atoms with van der Waals surface area (Å²) in [5.41, 5.74) is 2.47. The van der Waals surface area contributed by atoms with Crippen LogP contribution in [0.25, 0.3) is 0 Å². The van der Waals surface area contributed by atoms with Gasteiger partial charge in [-0.05, 0) is 22.4 Å². The number of carbonyl (C=O) groups is 1. The maximum absolute atomic E-state index is 11.5. The van der Waals surface area contributed by atoms with Gasteiger partial charge in [0, 0.05) is 13.6 Å². The molecule has 1 aromatic rings. The number of nitrogens with zero attached hydrogens (tertiary/aromatic N) is 3. The molecule has 18 heavy (non-hydrogen) atoms. The van der Waals surface area contributed by atoms with E-state index in [0.29, 0.717) is 22.7 Å². The van der Waals surface area contributed by atoms with Crippen molar-refractivity contribution < 1.29 is 4.79 Å². The fourth-order valence-corrected chi connectivity index (χ4v) is 2.03. The van der Waals surface area contributed by atoms with Gasteiger partial charge < -0.3 is 15.6 Å². The summed E-state index contributed by atoms with van der Waals surface area (Å²) in [4.78, 5) is 21.5. The van der Waals surface area contributed by atoms with E-state index < -0.39 is 0 Å². The third-order valence-electron chi connectivity index (χ3n) is 2.31. The maximum Gasteiger partial charge on any atom is 0.239 e. The van der Waals surface area contributed by atoms with Crippen LogP contribution in [0, 0.1) is 0 Å². The fraction of sp³-hybridized carbons (Fsp3) is 0.500. The van der Waals surface area contributed by atoms with E-state index in [1.807, 2.05) is 11.8 Å². The lowest BCUT2D eigenvalue weighted by molar-refractivity contribution is -0.119. The van der Waals surface area contributed by atoms with E-state index in [2.05, 4.69) is 36.6 Å². The molecular weight excluding hydrogens is 300 g/mol. The van der Waals surface area contributed by atoms with E-state index in [4.69, 9.17) is 5.84 Å². The molecule has 0 aromatic carbocycles. The average Bonchev–Trinajstić information content (AvgIpc) is 2.38. The number of nitrogens with one attached hydrogen (secondary N) is 2. The second kappa shape index (κ2) is 7.12. The molecule has 1 aromatic heterocycles. The van der Waals surface area contributed by atoms with E-state index in [1.165, 1.54) is 6.33 Å². The van der Waals surface area contributed by atoms with Gasteiger partial charge in [0.15, 0.2) is 5.82 Å². The molecule has 0 saturated heterocycles. The summed E-state index contributed by atoms with van der Waals surface area (Å²) >= 11 is 3.38. The van der Waals surface area contributed by atoms with Crippen LogP contribution in [-0.4, -0.2) is 36.0 Å². The Morgan fingerprint density at radius 1 is 1.56 bits per heavy atom. The first kappa shape index (κ1) is 14.7. The molecule has 4 N–H and O–H groups in total. The summed E-state index contributed by atoms with van der Waals surface area (Å²) in [6.45, 7) is 2.99. The zero-order valence-corrected chi connectivity index (χ0v) is 12.0. The molecule has 0 aliphatic rings. The number of hydrogen-bond donors (Lipinski definition) is 3. The van der Waals surface area contributed by atoms with E-state index in [1.54, 1.807) is 7.05 Å². The molecule has 1 rings (SSSR count). The van der Waals surface area contributed by atoms with Gasteiger partial charge in [-0.2, -0.15) is 0 Å². The number of amides is 1. The number of carbonyl (C=O) groups excluding carboxylic acids is 1. The Kier molecular flexibility index (Phi) is 5.79. The minimum Gasteiger partial charge on any atom is -0.358 e. The molecule has 0 atom stereocenters. The summed E-state index contributed by atoms with van der Waals surface area (Å²) in [6.07, 6.45) is 2.31.